The van der Waals surface area contributed by atoms with Gasteiger partial charge in [-0.05, 0) is 18.4 Å². The molecule has 2 aliphatic heterocycles. The molecule has 0 aliphatic carbocycles. The summed E-state index contributed by atoms with van der Waals surface area (Å²) in [7, 11) is 0. The first-order valence-corrected chi connectivity index (χ1v) is 8.64. The number of nitrogens with zero attached hydrogens (tertiary/aromatic N) is 1. The number of hydrogen-bond donors (Lipinski definition) is 0. The van der Waals surface area contributed by atoms with Gasteiger partial charge in [-0.3, -0.25) is 4.79 Å². The molecule has 1 atom stereocenters. The standard InChI is InChI=1S/C19H27NO3/c1-14(2)17(16-6-4-15(3)5-7-16)18(21)20-10-8-19(9-11-20)22-12-13-23-19/h4-7,14,17H,8-13H2,1-3H3. The van der Waals surface area contributed by atoms with Crippen molar-refractivity contribution in [1.29, 1.82) is 0 Å². The number of aryl methyl sites for hydroxylation is 1. The van der Waals surface area contributed by atoms with Gasteiger partial charge in [-0.25, -0.2) is 0 Å². The summed E-state index contributed by atoms with van der Waals surface area (Å²) < 4.78 is 11.5. The van der Waals surface area contributed by atoms with Gasteiger partial charge < -0.3 is 14.4 Å². The fourth-order valence-corrected chi connectivity index (χ4v) is 3.64. The number of carbonyl (C=O) groups is 1. The molecule has 4 heteroatoms. The van der Waals surface area contributed by atoms with Crippen LogP contribution in [-0.2, 0) is 14.3 Å². The maximum atomic E-state index is 13.1. The first-order valence-electron chi connectivity index (χ1n) is 8.64. The number of hydrogen-bond acceptors (Lipinski definition) is 3. The van der Waals surface area contributed by atoms with Crippen molar-refractivity contribution in [3.05, 3.63) is 35.4 Å². The monoisotopic (exact) mass is 317 g/mol. The number of likely N-dealkylation sites (tertiary alicyclic amines) is 1. The zero-order valence-corrected chi connectivity index (χ0v) is 14.4. The third kappa shape index (κ3) is 3.43. The molecule has 1 unspecified atom stereocenters. The quantitative estimate of drug-likeness (QED) is 0.860. The largest absolute Gasteiger partial charge is 0.347 e. The maximum Gasteiger partial charge on any atom is 0.230 e. The molecule has 23 heavy (non-hydrogen) atoms. The van der Waals surface area contributed by atoms with E-state index in [4.69, 9.17) is 9.47 Å². The summed E-state index contributed by atoms with van der Waals surface area (Å²) >= 11 is 0. The lowest BCUT2D eigenvalue weighted by molar-refractivity contribution is -0.188. The minimum Gasteiger partial charge on any atom is -0.347 e. The third-order valence-corrected chi connectivity index (χ3v) is 5.02. The summed E-state index contributed by atoms with van der Waals surface area (Å²) in [4.78, 5) is 15.1. The number of rotatable bonds is 3. The summed E-state index contributed by atoms with van der Waals surface area (Å²) in [6.45, 7) is 9.09. The van der Waals surface area contributed by atoms with E-state index in [1.807, 2.05) is 4.90 Å². The molecule has 0 bridgehead atoms. The average Bonchev–Trinajstić information content (AvgIpc) is 2.98. The van der Waals surface area contributed by atoms with Gasteiger partial charge in [-0.1, -0.05) is 43.7 Å². The molecule has 0 saturated carbocycles. The maximum absolute atomic E-state index is 13.1. The van der Waals surface area contributed by atoms with Crippen molar-refractivity contribution in [2.45, 2.75) is 45.3 Å². The van der Waals surface area contributed by atoms with Crippen molar-refractivity contribution in [2.75, 3.05) is 26.3 Å². The van der Waals surface area contributed by atoms with Gasteiger partial charge in [0.1, 0.15) is 0 Å². The molecule has 0 aromatic heterocycles. The van der Waals surface area contributed by atoms with Crippen LogP contribution in [0.15, 0.2) is 24.3 Å². The van der Waals surface area contributed by atoms with Crippen LogP contribution < -0.4 is 0 Å². The number of benzene rings is 1. The van der Waals surface area contributed by atoms with E-state index in [2.05, 4.69) is 45.0 Å². The smallest absolute Gasteiger partial charge is 0.230 e. The van der Waals surface area contributed by atoms with Gasteiger partial charge in [0.05, 0.1) is 19.1 Å². The summed E-state index contributed by atoms with van der Waals surface area (Å²) in [6, 6.07) is 8.35. The summed E-state index contributed by atoms with van der Waals surface area (Å²) in [5.41, 5.74) is 2.34. The second-order valence-electron chi connectivity index (χ2n) is 7.07. The van der Waals surface area contributed by atoms with Crippen LogP contribution in [-0.4, -0.2) is 42.9 Å². The normalized spacial score (nSPS) is 21.8. The van der Waals surface area contributed by atoms with Crippen molar-refractivity contribution in [2.24, 2.45) is 5.92 Å². The molecule has 1 aromatic rings. The number of ether oxygens (including phenoxy) is 2. The van der Waals surface area contributed by atoms with E-state index < -0.39 is 5.79 Å². The van der Waals surface area contributed by atoms with E-state index in [1.54, 1.807) is 0 Å². The van der Waals surface area contributed by atoms with Crippen LogP contribution >= 0.6 is 0 Å². The molecule has 2 fully saturated rings. The highest BCUT2D eigenvalue weighted by molar-refractivity contribution is 5.84. The molecule has 3 rings (SSSR count). The Morgan fingerprint density at radius 2 is 1.65 bits per heavy atom. The van der Waals surface area contributed by atoms with Crippen LogP contribution in [0.1, 0.15) is 43.7 Å². The van der Waals surface area contributed by atoms with E-state index in [1.165, 1.54) is 5.56 Å². The predicted octanol–water partition coefficient (Wildman–Crippen LogP) is 3.10. The van der Waals surface area contributed by atoms with Crippen molar-refractivity contribution in [3.63, 3.8) is 0 Å². The Hall–Kier alpha value is -1.39. The van der Waals surface area contributed by atoms with Crippen LogP contribution in [0.2, 0.25) is 0 Å². The van der Waals surface area contributed by atoms with E-state index >= 15 is 0 Å². The topological polar surface area (TPSA) is 38.8 Å². The summed E-state index contributed by atoms with van der Waals surface area (Å²) in [5.74, 6) is 0.0142. The van der Waals surface area contributed by atoms with Crippen LogP contribution in [0.5, 0.6) is 0 Å². The van der Waals surface area contributed by atoms with E-state index in [9.17, 15) is 4.79 Å². The lowest BCUT2D eigenvalue weighted by atomic mass is 9.86. The second kappa shape index (κ2) is 6.62. The minimum absolute atomic E-state index is 0.0740. The molecule has 1 amide bonds. The molecular formula is C19H27NO3. The highest BCUT2D eigenvalue weighted by atomic mass is 16.7. The molecule has 2 saturated heterocycles. The van der Waals surface area contributed by atoms with Gasteiger partial charge in [0.15, 0.2) is 5.79 Å². The van der Waals surface area contributed by atoms with Crippen molar-refractivity contribution < 1.29 is 14.3 Å². The summed E-state index contributed by atoms with van der Waals surface area (Å²) in [5, 5.41) is 0. The lowest BCUT2D eigenvalue weighted by Crippen LogP contribution is -2.49. The van der Waals surface area contributed by atoms with Crippen LogP contribution in [0.25, 0.3) is 0 Å². The Bertz CT molecular complexity index is 536. The molecule has 2 aliphatic rings. The Morgan fingerprint density at radius 1 is 1.09 bits per heavy atom. The second-order valence-corrected chi connectivity index (χ2v) is 7.07. The SMILES string of the molecule is Cc1ccc(C(C(=O)N2CCC3(CC2)OCCO3)C(C)C)cc1. The first-order chi connectivity index (χ1) is 11.0. The fourth-order valence-electron chi connectivity index (χ4n) is 3.64. The lowest BCUT2D eigenvalue weighted by Gasteiger charge is -2.39. The predicted molar refractivity (Wildman–Crippen MR) is 89.2 cm³/mol. The summed E-state index contributed by atoms with van der Waals surface area (Å²) in [6.07, 6.45) is 1.55. The van der Waals surface area contributed by atoms with Gasteiger partial charge in [0.25, 0.3) is 0 Å². The molecule has 126 valence electrons. The van der Waals surface area contributed by atoms with Gasteiger partial charge >= 0.3 is 0 Å². The van der Waals surface area contributed by atoms with Crippen LogP contribution in [0, 0.1) is 12.8 Å². The molecule has 1 spiro atoms. The average molecular weight is 317 g/mol. The number of piperidine rings is 1. The highest BCUT2D eigenvalue weighted by Crippen LogP contribution is 2.34. The Labute approximate surface area is 138 Å². The zero-order chi connectivity index (χ0) is 16.4. The highest BCUT2D eigenvalue weighted by Gasteiger charge is 2.42. The first kappa shape index (κ1) is 16.5. The third-order valence-electron chi connectivity index (χ3n) is 5.02. The van der Waals surface area contributed by atoms with Crippen molar-refractivity contribution in [1.82, 2.24) is 4.90 Å². The Balaban J connectivity index is 1.71. The fraction of sp³-hybridized carbons (Fsp3) is 0.632. The molecular weight excluding hydrogens is 290 g/mol. The van der Waals surface area contributed by atoms with Gasteiger partial charge in [-0.2, -0.15) is 0 Å². The molecule has 0 radical (unpaired) electrons. The van der Waals surface area contributed by atoms with Crippen molar-refractivity contribution in [3.8, 4) is 0 Å². The van der Waals surface area contributed by atoms with Crippen LogP contribution in [0.3, 0.4) is 0 Å². The molecule has 2 heterocycles. The zero-order valence-electron chi connectivity index (χ0n) is 14.4. The molecule has 1 aromatic carbocycles. The molecule has 4 nitrogen and oxygen atoms in total. The van der Waals surface area contributed by atoms with E-state index in [0.717, 1.165) is 18.4 Å². The Kier molecular flexibility index (Phi) is 4.74. The van der Waals surface area contributed by atoms with Gasteiger partial charge in [-0.15, -0.1) is 0 Å². The van der Waals surface area contributed by atoms with E-state index in [0.29, 0.717) is 26.3 Å². The number of amides is 1. The minimum atomic E-state index is -0.423. The van der Waals surface area contributed by atoms with Gasteiger partial charge in [0.2, 0.25) is 5.91 Å². The van der Waals surface area contributed by atoms with Crippen LogP contribution in [0.4, 0.5) is 0 Å². The van der Waals surface area contributed by atoms with Crippen molar-refractivity contribution >= 4 is 5.91 Å². The van der Waals surface area contributed by atoms with E-state index in [-0.39, 0.29) is 17.7 Å². The van der Waals surface area contributed by atoms with Gasteiger partial charge in [0, 0.05) is 25.9 Å². The molecule has 0 N–H and O–H groups in total. The number of carbonyl (C=O) groups excluding carboxylic acids is 1. The Morgan fingerprint density at radius 3 is 2.17 bits per heavy atom.